The summed E-state index contributed by atoms with van der Waals surface area (Å²) in [6.45, 7) is 2.66. The van der Waals surface area contributed by atoms with Crippen molar-refractivity contribution in [3.8, 4) is 6.07 Å². The van der Waals surface area contributed by atoms with Crippen LogP contribution >= 0.6 is 0 Å². The minimum absolute atomic E-state index is 0.0275. The van der Waals surface area contributed by atoms with Gasteiger partial charge >= 0.3 is 144 Å². The normalized spacial score (nSPS) is 14.9. The fourth-order valence-corrected chi connectivity index (χ4v) is 4.47. The predicted octanol–water partition coefficient (Wildman–Crippen LogP) is 2.38. The summed E-state index contributed by atoms with van der Waals surface area (Å²) in [7, 11) is 1.97. The third-order valence-electron chi connectivity index (χ3n) is 3.91. The van der Waals surface area contributed by atoms with Gasteiger partial charge < -0.3 is 0 Å². The van der Waals surface area contributed by atoms with Gasteiger partial charge in [-0.3, -0.25) is 0 Å². The van der Waals surface area contributed by atoms with Gasteiger partial charge in [0.15, 0.2) is 0 Å². The molecule has 0 aromatic heterocycles. The summed E-state index contributed by atoms with van der Waals surface area (Å²) in [5.41, 5.74) is 0.911. The molecule has 0 fully saturated rings. The van der Waals surface area contributed by atoms with Gasteiger partial charge in [-0.05, 0) is 0 Å². The molecule has 0 heterocycles. The summed E-state index contributed by atoms with van der Waals surface area (Å²) < 4.78 is 1.23. The summed E-state index contributed by atoms with van der Waals surface area (Å²) in [5.74, 6) is 0. The van der Waals surface area contributed by atoms with Crippen LogP contribution in [0.1, 0.15) is 18.6 Å². The standard InChI is InChI=1S/C19H22N2OSe/c1-15(19(22)16-9-5-3-6-10-16)21(2)14-18(13-20)23-17-11-7-4-8-12-17/h3-12,15,18-19,22H,14H2,1-2H3/t15-,18?,19-/m0/s1. The van der Waals surface area contributed by atoms with Crippen molar-refractivity contribution in [1.82, 2.24) is 4.90 Å². The number of aliphatic hydroxyl groups is 1. The molecule has 1 N–H and O–H groups in total. The molecular weight excluding hydrogens is 351 g/mol. The molecule has 0 saturated carbocycles. The monoisotopic (exact) mass is 374 g/mol. The van der Waals surface area contributed by atoms with Crippen molar-refractivity contribution in [2.45, 2.75) is 23.9 Å². The molecule has 2 rings (SSSR count). The van der Waals surface area contributed by atoms with Gasteiger partial charge in [-0.2, -0.15) is 0 Å². The van der Waals surface area contributed by atoms with E-state index in [1.54, 1.807) is 0 Å². The summed E-state index contributed by atoms with van der Waals surface area (Å²) in [6, 6.07) is 22.2. The average molecular weight is 373 g/mol. The van der Waals surface area contributed by atoms with E-state index in [-0.39, 0.29) is 25.8 Å². The quantitative estimate of drug-likeness (QED) is 0.758. The van der Waals surface area contributed by atoms with E-state index in [1.165, 1.54) is 4.46 Å². The van der Waals surface area contributed by atoms with Gasteiger partial charge in [0.05, 0.1) is 0 Å². The van der Waals surface area contributed by atoms with E-state index >= 15 is 0 Å². The third-order valence-corrected chi connectivity index (χ3v) is 6.19. The van der Waals surface area contributed by atoms with Gasteiger partial charge in [0.1, 0.15) is 0 Å². The van der Waals surface area contributed by atoms with Gasteiger partial charge in [0, 0.05) is 0 Å². The van der Waals surface area contributed by atoms with Gasteiger partial charge in [-0.15, -0.1) is 0 Å². The first-order valence-electron chi connectivity index (χ1n) is 7.66. The molecule has 0 aliphatic heterocycles. The number of aliphatic hydroxyl groups excluding tert-OH is 1. The Morgan fingerprint density at radius 3 is 2.22 bits per heavy atom. The van der Waals surface area contributed by atoms with E-state index in [4.69, 9.17) is 0 Å². The Bertz CT molecular complexity index is 627. The Labute approximate surface area is 144 Å². The summed E-state index contributed by atoms with van der Waals surface area (Å²) in [4.78, 5) is 2.05. The zero-order valence-corrected chi connectivity index (χ0v) is 15.2. The molecule has 0 saturated heterocycles. The molecule has 0 radical (unpaired) electrons. The molecule has 4 heteroatoms. The van der Waals surface area contributed by atoms with Crippen LogP contribution in [0.3, 0.4) is 0 Å². The van der Waals surface area contributed by atoms with Crippen molar-refractivity contribution in [2.75, 3.05) is 13.6 Å². The average Bonchev–Trinajstić information content (AvgIpc) is 2.61. The first-order chi connectivity index (χ1) is 11.1. The van der Waals surface area contributed by atoms with Gasteiger partial charge in [-0.1, -0.05) is 0 Å². The van der Waals surface area contributed by atoms with Gasteiger partial charge in [-0.25, -0.2) is 0 Å². The molecule has 1 unspecified atom stereocenters. The predicted molar refractivity (Wildman–Crippen MR) is 94.7 cm³/mol. The fraction of sp³-hybridized carbons (Fsp3) is 0.316. The molecule has 3 nitrogen and oxygen atoms in total. The second-order valence-electron chi connectivity index (χ2n) is 5.58. The second-order valence-corrected chi connectivity index (χ2v) is 8.26. The van der Waals surface area contributed by atoms with Crippen molar-refractivity contribution < 1.29 is 5.11 Å². The summed E-state index contributed by atoms with van der Waals surface area (Å²) in [5, 5.41) is 20.0. The third kappa shape index (κ3) is 5.20. The fourth-order valence-electron chi connectivity index (χ4n) is 2.37. The molecule has 0 amide bonds. The number of hydrogen-bond donors (Lipinski definition) is 1. The molecule has 23 heavy (non-hydrogen) atoms. The Kier molecular flexibility index (Phi) is 6.83. The number of hydrogen-bond acceptors (Lipinski definition) is 3. The van der Waals surface area contributed by atoms with Crippen molar-refractivity contribution in [2.24, 2.45) is 0 Å². The molecule has 120 valence electrons. The van der Waals surface area contributed by atoms with Crippen molar-refractivity contribution >= 4 is 19.4 Å². The topological polar surface area (TPSA) is 47.3 Å². The van der Waals surface area contributed by atoms with Crippen molar-refractivity contribution in [3.63, 3.8) is 0 Å². The first kappa shape index (κ1) is 17.7. The Morgan fingerprint density at radius 1 is 1.09 bits per heavy atom. The van der Waals surface area contributed by atoms with E-state index < -0.39 is 6.10 Å². The van der Waals surface area contributed by atoms with Gasteiger partial charge in [0.2, 0.25) is 0 Å². The van der Waals surface area contributed by atoms with Crippen LogP contribution < -0.4 is 4.46 Å². The molecule has 2 aromatic carbocycles. The SMILES string of the molecule is C[C@@H]([C@H](O)c1ccccc1)N(C)CC(C#N)[Se]c1ccccc1. The Balaban J connectivity index is 1.96. The number of rotatable bonds is 7. The van der Waals surface area contributed by atoms with Crippen LogP contribution in [0.2, 0.25) is 4.82 Å². The van der Waals surface area contributed by atoms with E-state index in [0.29, 0.717) is 6.54 Å². The second kappa shape index (κ2) is 8.86. The molecular formula is C19H22N2OSe. The van der Waals surface area contributed by atoms with E-state index in [1.807, 2.05) is 62.5 Å². The van der Waals surface area contributed by atoms with E-state index in [0.717, 1.165) is 5.56 Å². The summed E-state index contributed by atoms with van der Waals surface area (Å²) >= 11 is 0.113. The zero-order valence-electron chi connectivity index (χ0n) is 13.5. The first-order valence-corrected chi connectivity index (χ1v) is 9.51. The van der Waals surface area contributed by atoms with Crippen LogP contribution in [-0.2, 0) is 0 Å². The molecule has 0 spiro atoms. The molecule has 0 aliphatic carbocycles. The maximum absolute atomic E-state index is 10.5. The number of nitrogens with zero attached hydrogens (tertiary/aromatic N) is 2. The van der Waals surface area contributed by atoms with Crippen LogP contribution in [0.5, 0.6) is 0 Å². The van der Waals surface area contributed by atoms with Crippen LogP contribution in [-0.4, -0.2) is 44.6 Å². The van der Waals surface area contributed by atoms with Crippen LogP contribution in [0.15, 0.2) is 60.7 Å². The van der Waals surface area contributed by atoms with E-state index in [9.17, 15) is 10.4 Å². The number of nitriles is 1. The minimum atomic E-state index is -0.551. The summed E-state index contributed by atoms with van der Waals surface area (Å²) in [6.07, 6.45) is -0.551. The number of benzene rings is 2. The molecule has 3 atom stereocenters. The maximum atomic E-state index is 10.5. The van der Waals surface area contributed by atoms with Crippen LogP contribution in [0.4, 0.5) is 0 Å². The van der Waals surface area contributed by atoms with Gasteiger partial charge in [0.25, 0.3) is 0 Å². The van der Waals surface area contributed by atoms with Crippen molar-refractivity contribution in [3.05, 3.63) is 66.2 Å². The van der Waals surface area contributed by atoms with Crippen LogP contribution in [0, 0.1) is 11.3 Å². The number of likely N-dealkylation sites (N-methyl/N-ethyl adjacent to an activating group) is 1. The molecule has 0 bridgehead atoms. The molecule has 2 aromatic rings. The Morgan fingerprint density at radius 2 is 1.65 bits per heavy atom. The molecule has 0 aliphatic rings. The Hall–Kier alpha value is -1.63. The van der Waals surface area contributed by atoms with Crippen LogP contribution in [0.25, 0.3) is 0 Å². The van der Waals surface area contributed by atoms with E-state index in [2.05, 4.69) is 23.1 Å². The van der Waals surface area contributed by atoms with Crippen molar-refractivity contribution in [1.29, 1.82) is 5.26 Å². The zero-order chi connectivity index (χ0) is 16.7.